The van der Waals surface area contributed by atoms with Crippen LogP contribution in [-0.2, 0) is 0 Å². The molecule has 0 fully saturated rings. The lowest BCUT2D eigenvalue weighted by Crippen LogP contribution is -2.13. The monoisotopic (exact) mass is 349 g/mol. The summed E-state index contributed by atoms with van der Waals surface area (Å²) >= 11 is 1.55. The number of aromatic nitrogens is 4. The Balaban J connectivity index is 1.60. The predicted octanol–water partition coefficient (Wildman–Crippen LogP) is 3.72. The molecule has 1 aromatic carbocycles. The fourth-order valence-corrected chi connectivity index (χ4v) is 3.27. The van der Waals surface area contributed by atoms with Crippen molar-refractivity contribution in [2.75, 3.05) is 5.32 Å². The van der Waals surface area contributed by atoms with Crippen molar-refractivity contribution in [2.45, 2.75) is 13.8 Å². The highest BCUT2D eigenvalue weighted by Crippen LogP contribution is 2.21. The van der Waals surface area contributed by atoms with Crippen LogP contribution in [0.25, 0.3) is 16.9 Å². The Kier molecular flexibility index (Phi) is 3.77. The first-order chi connectivity index (χ1) is 12.1. The molecule has 25 heavy (non-hydrogen) atoms. The Bertz CT molecular complexity index is 1050. The molecule has 4 rings (SSSR count). The summed E-state index contributed by atoms with van der Waals surface area (Å²) in [5.41, 5.74) is 7.16. The molecule has 0 atom stereocenters. The lowest BCUT2D eigenvalue weighted by atomic mass is 10.1. The van der Waals surface area contributed by atoms with E-state index in [1.807, 2.05) is 54.0 Å². The summed E-state index contributed by atoms with van der Waals surface area (Å²) in [6.45, 7) is 3.86. The molecule has 0 spiro atoms. The zero-order valence-corrected chi connectivity index (χ0v) is 14.5. The minimum atomic E-state index is -0.276. The molecule has 1 amide bonds. The van der Waals surface area contributed by atoms with Gasteiger partial charge in [-0.1, -0.05) is 12.1 Å². The van der Waals surface area contributed by atoms with Crippen molar-refractivity contribution in [3.63, 3.8) is 0 Å². The number of rotatable bonds is 3. The van der Waals surface area contributed by atoms with Crippen molar-refractivity contribution in [1.29, 1.82) is 0 Å². The Labute approximate surface area is 148 Å². The van der Waals surface area contributed by atoms with Crippen molar-refractivity contribution in [2.24, 2.45) is 0 Å². The molecule has 124 valence electrons. The summed E-state index contributed by atoms with van der Waals surface area (Å²) in [6, 6.07) is 9.53. The molecule has 0 radical (unpaired) electrons. The maximum atomic E-state index is 12.6. The van der Waals surface area contributed by atoms with E-state index < -0.39 is 0 Å². The van der Waals surface area contributed by atoms with Gasteiger partial charge in [0.1, 0.15) is 6.33 Å². The van der Waals surface area contributed by atoms with Crippen LogP contribution in [0, 0.1) is 13.8 Å². The van der Waals surface area contributed by atoms with E-state index in [9.17, 15) is 4.79 Å². The summed E-state index contributed by atoms with van der Waals surface area (Å²) in [5.74, 6) is -0.276. The predicted molar refractivity (Wildman–Crippen MR) is 98.0 cm³/mol. The Hall–Kier alpha value is -3.06. The zero-order valence-electron chi connectivity index (χ0n) is 13.7. The van der Waals surface area contributed by atoms with Crippen LogP contribution in [0.15, 0.2) is 47.5 Å². The number of thiazole rings is 1. The van der Waals surface area contributed by atoms with Crippen LogP contribution < -0.4 is 5.32 Å². The van der Waals surface area contributed by atoms with Gasteiger partial charge in [-0.05, 0) is 32.0 Å². The van der Waals surface area contributed by atoms with Crippen LogP contribution in [0.4, 0.5) is 5.69 Å². The Morgan fingerprint density at radius 1 is 1.16 bits per heavy atom. The highest BCUT2D eigenvalue weighted by Gasteiger charge is 2.16. The summed E-state index contributed by atoms with van der Waals surface area (Å²) < 4.78 is 1.81. The molecule has 3 aromatic heterocycles. The number of imidazole rings is 1. The van der Waals surface area contributed by atoms with Crippen LogP contribution in [0.3, 0.4) is 0 Å². The summed E-state index contributed by atoms with van der Waals surface area (Å²) in [4.78, 5) is 25.5. The van der Waals surface area contributed by atoms with E-state index in [1.165, 1.54) is 0 Å². The van der Waals surface area contributed by atoms with E-state index in [0.717, 1.165) is 22.6 Å². The Morgan fingerprint density at radius 2 is 1.96 bits per heavy atom. The molecule has 3 heterocycles. The van der Waals surface area contributed by atoms with Gasteiger partial charge in [0, 0.05) is 28.0 Å². The maximum absolute atomic E-state index is 12.6. The number of carbonyl (C=O) groups is 1. The van der Waals surface area contributed by atoms with Gasteiger partial charge in [0.15, 0.2) is 11.3 Å². The molecule has 0 saturated carbocycles. The van der Waals surface area contributed by atoms with E-state index >= 15 is 0 Å². The van der Waals surface area contributed by atoms with E-state index in [0.29, 0.717) is 17.0 Å². The standard InChI is InChI=1S/C18H15N5OS/c1-11-7-12(2)23-9-19-16(17(23)21-11)18(24)22-14-5-3-13(4-6-14)15-8-25-10-20-15/h3-10H,1-2H3,(H,22,24). The van der Waals surface area contributed by atoms with Gasteiger partial charge in [-0.3, -0.25) is 9.20 Å². The number of aryl methyl sites for hydroxylation is 2. The number of benzene rings is 1. The lowest BCUT2D eigenvalue weighted by molar-refractivity contribution is 0.102. The molecule has 0 aliphatic rings. The van der Waals surface area contributed by atoms with Gasteiger partial charge in [0.25, 0.3) is 5.91 Å². The SMILES string of the molecule is Cc1cc(C)n2cnc(C(=O)Nc3ccc(-c4cscn4)cc3)c2n1. The summed E-state index contributed by atoms with van der Waals surface area (Å²) in [7, 11) is 0. The van der Waals surface area contributed by atoms with E-state index in [2.05, 4.69) is 20.3 Å². The molecular formula is C18H15N5OS. The minimum Gasteiger partial charge on any atom is -0.321 e. The first-order valence-electron chi connectivity index (χ1n) is 7.73. The molecule has 6 nitrogen and oxygen atoms in total. The van der Waals surface area contributed by atoms with Crippen LogP contribution in [0.1, 0.15) is 21.9 Å². The van der Waals surface area contributed by atoms with E-state index in [4.69, 9.17) is 0 Å². The number of fused-ring (bicyclic) bond motifs is 1. The van der Waals surface area contributed by atoms with Gasteiger partial charge in [0.05, 0.1) is 11.2 Å². The van der Waals surface area contributed by atoms with Gasteiger partial charge in [-0.25, -0.2) is 15.0 Å². The van der Waals surface area contributed by atoms with Crippen molar-refractivity contribution < 1.29 is 4.79 Å². The maximum Gasteiger partial charge on any atom is 0.278 e. The molecule has 0 saturated heterocycles. The number of nitrogens with zero attached hydrogens (tertiary/aromatic N) is 4. The molecule has 4 aromatic rings. The average molecular weight is 349 g/mol. The molecule has 1 N–H and O–H groups in total. The second-order valence-electron chi connectivity index (χ2n) is 5.73. The highest BCUT2D eigenvalue weighted by molar-refractivity contribution is 7.07. The van der Waals surface area contributed by atoms with Crippen molar-refractivity contribution in [3.05, 3.63) is 64.6 Å². The number of hydrogen-bond acceptors (Lipinski definition) is 5. The fraction of sp³-hybridized carbons (Fsp3) is 0.111. The van der Waals surface area contributed by atoms with Crippen LogP contribution in [0.2, 0.25) is 0 Å². The van der Waals surface area contributed by atoms with Crippen LogP contribution >= 0.6 is 11.3 Å². The Morgan fingerprint density at radius 3 is 2.68 bits per heavy atom. The summed E-state index contributed by atoms with van der Waals surface area (Å²) in [5, 5.41) is 4.86. The fourth-order valence-electron chi connectivity index (χ4n) is 2.71. The number of nitrogens with one attached hydrogen (secondary N) is 1. The van der Waals surface area contributed by atoms with Gasteiger partial charge in [-0.15, -0.1) is 11.3 Å². The van der Waals surface area contributed by atoms with Crippen molar-refractivity contribution >= 4 is 28.6 Å². The molecule has 0 aliphatic heterocycles. The highest BCUT2D eigenvalue weighted by atomic mass is 32.1. The third kappa shape index (κ3) is 2.89. The third-order valence-corrected chi connectivity index (χ3v) is 4.49. The molecule has 0 bridgehead atoms. The van der Waals surface area contributed by atoms with Crippen LogP contribution in [0.5, 0.6) is 0 Å². The minimum absolute atomic E-state index is 0.276. The normalized spacial score (nSPS) is 11.0. The van der Waals surface area contributed by atoms with E-state index in [1.54, 1.807) is 23.2 Å². The van der Waals surface area contributed by atoms with E-state index in [-0.39, 0.29) is 5.91 Å². The largest absolute Gasteiger partial charge is 0.321 e. The van der Waals surface area contributed by atoms with Gasteiger partial charge >= 0.3 is 0 Å². The number of carbonyl (C=O) groups excluding carboxylic acids is 1. The molecule has 0 unspecified atom stereocenters. The second kappa shape index (κ2) is 6.10. The van der Waals surface area contributed by atoms with Gasteiger partial charge < -0.3 is 5.32 Å². The van der Waals surface area contributed by atoms with Crippen molar-refractivity contribution in [3.8, 4) is 11.3 Å². The molecule has 0 aliphatic carbocycles. The number of hydrogen-bond donors (Lipinski definition) is 1. The van der Waals surface area contributed by atoms with Crippen LogP contribution in [-0.4, -0.2) is 25.3 Å². The van der Waals surface area contributed by atoms with Crippen molar-refractivity contribution in [1.82, 2.24) is 19.4 Å². The molecular weight excluding hydrogens is 334 g/mol. The molecule has 7 heteroatoms. The number of amides is 1. The number of anilines is 1. The summed E-state index contributed by atoms with van der Waals surface area (Å²) in [6.07, 6.45) is 1.62. The quantitative estimate of drug-likeness (QED) is 0.612. The smallest absolute Gasteiger partial charge is 0.278 e. The topological polar surface area (TPSA) is 72.2 Å². The van der Waals surface area contributed by atoms with Gasteiger partial charge in [0.2, 0.25) is 0 Å². The average Bonchev–Trinajstić information content (AvgIpc) is 3.25. The van der Waals surface area contributed by atoms with Gasteiger partial charge in [-0.2, -0.15) is 0 Å². The third-order valence-electron chi connectivity index (χ3n) is 3.91. The zero-order chi connectivity index (χ0) is 17.4. The lowest BCUT2D eigenvalue weighted by Gasteiger charge is -2.05. The first kappa shape index (κ1) is 15.5. The second-order valence-corrected chi connectivity index (χ2v) is 6.45. The first-order valence-corrected chi connectivity index (χ1v) is 8.67.